The average molecular weight is 322 g/mol. The zero-order chi connectivity index (χ0) is 14.9. The molecule has 0 aliphatic rings. The van der Waals surface area contributed by atoms with Crippen molar-refractivity contribution >= 4 is 29.0 Å². The van der Waals surface area contributed by atoms with E-state index in [2.05, 4.69) is 39.9 Å². The van der Waals surface area contributed by atoms with Gasteiger partial charge in [-0.25, -0.2) is 0 Å². The second-order valence-corrected chi connectivity index (χ2v) is 7.12. The highest BCUT2D eigenvalue weighted by Gasteiger charge is 2.19. The molecule has 21 heavy (non-hydrogen) atoms. The van der Waals surface area contributed by atoms with Crippen LogP contribution >= 0.6 is 22.7 Å². The molecule has 1 atom stereocenters. The van der Waals surface area contributed by atoms with Crippen LogP contribution in [0.4, 0.5) is 0 Å². The van der Waals surface area contributed by atoms with Crippen LogP contribution in [0.1, 0.15) is 29.0 Å². The molecule has 0 aliphatic heterocycles. The lowest BCUT2D eigenvalue weighted by molar-refractivity contribution is -0.113. The molecule has 3 nitrogen and oxygen atoms in total. The largest absolute Gasteiger partial charge is 0.330 e. The summed E-state index contributed by atoms with van der Waals surface area (Å²) in [6, 6.07) is 8.36. The van der Waals surface area contributed by atoms with Crippen molar-refractivity contribution in [2.24, 2.45) is 5.73 Å². The number of unbranched alkanes of at least 4 members (excludes halogenated alkanes) is 1. The molecular formula is C16H22N2OS2. The summed E-state index contributed by atoms with van der Waals surface area (Å²) in [5.74, 6) is 0. The molecule has 0 aliphatic carbocycles. The van der Waals surface area contributed by atoms with E-state index in [0.29, 0.717) is 6.54 Å². The van der Waals surface area contributed by atoms with Crippen LogP contribution in [0.3, 0.4) is 0 Å². The maximum absolute atomic E-state index is 11.5. The second-order valence-electron chi connectivity index (χ2n) is 5.05. The molecule has 0 saturated heterocycles. The Balaban J connectivity index is 2.03. The van der Waals surface area contributed by atoms with E-state index in [1.807, 2.05) is 0 Å². The first-order valence-electron chi connectivity index (χ1n) is 7.27. The van der Waals surface area contributed by atoms with Gasteiger partial charge in [0, 0.05) is 22.8 Å². The predicted octanol–water partition coefficient (Wildman–Crippen LogP) is 3.51. The SMILES string of the molecule is NCCCCC(C=O)N(Cc1cccs1)Cc1cccs1. The van der Waals surface area contributed by atoms with Crippen molar-refractivity contribution in [2.45, 2.75) is 38.4 Å². The standard InChI is InChI=1S/C16H22N2OS2/c17-8-2-1-5-14(13-19)18(11-15-6-3-9-20-15)12-16-7-4-10-21-16/h3-4,6-7,9-10,13-14H,1-2,5,8,11-12,17H2. The maximum atomic E-state index is 11.5. The third-order valence-electron chi connectivity index (χ3n) is 3.46. The van der Waals surface area contributed by atoms with E-state index < -0.39 is 0 Å². The van der Waals surface area contributed by atoms with Gasteiger partial charge in [0.15, 0.2) is 0 Å². The van der Waals surface area contributed by atoms with Gasteiger partial charge in [-0.1, -0.05) is 18.6 Å². The van der Waals surface area contributed by atoms with Gasteiger partial charge in [0.1, 0.15) is 6.29 Å². The Hall–Kier alpha value is -1.01. The molecule has 2 heterocycles. The van der Waals surface area contributed by atoms with E-state index in [0.717, 1.165) is 38.6 Å². The number of nitrogens with zero attached hydrogens (tertiary/aromatic N) is 1. The molecule has 0 bridgehead atoms. The summed E-state index contributed by atoms with van der Waals surface area (Å²) in [5.41, 5.74) is 5.55. The summed E-state index contributed by atoms with van der Waals surface area (Å²) in [5, 5.41) is 4.17. The fourth-order valence-electron chi connectivity index (χ4n) is 2.33. The molecule has 2 aromatic heterocycles. The first kappa shape index (κ1) is 16.4. The highest BCUT2D eigenvalue weighted by Crippen LogP contribution is 2.20. The Morgan fingerprint density at radius 1 is 1.10 bits per heavy atom. The van der Waals surface area contributed by atoms with Crippen molar-refractivity contribution < 1.29 is 4.79 Å². The van der Waals surface area contributed by atoms with Gasteiger partial charge in [0.05, 0.1) is 6.04 Å². The van der Waals surface area contributed by atoms with Gasteiger partial charge in [0.2, 0.25) is 0 Å². The van der Waals surface area contributed by atoms with Crippen molar-refractivity contribution in [1.29, 1.82) is 0 Å². The normalized spacial score (nSPS) is 12.7. The number of hydrogen-bond donors (Lipinski definition) is 1. The van der Waals surface area contributed by atoms with E-state index >= 15 is 0 Å². The zero-order valence-corrected chi connectivity index (χ0v) is 13.7. The monoisotopic (exact) mass is 322 g/mol. The number of rotatable bonds is 10. The molecule has 0 spiro atoms. The minimum absolute atomic E-state index is 0.0271. The van der Waals surface area contributed by atoms with Crippen LogP contribution in [0.25, 0.3) is 0 Å². The Labute approximate surface area is 134 Å². The highest BCUT2D eigenvalue weighted by molar-refractivity contribution is 7.10. The van der Waals surface area contributed by atoms with Crippen LogP contribution in [0.5, 0.6) is 0 Å². The van der Waals surface area contributed by atoms with Crippen LogP contribution in [-0.2, 0) is 17.9 Å². The summed E-state index contributed by atoms with van der Waals surface area (Å²) in [4.78, 5) is 16.4. The molecule has 2 aromatic rings. The second kappa shape index (κ2) is 9.10. The number of thiophene rings is 2. The fourth-order valence-corrected chi connectivity index (χ4v) is 3.79. The highest BCUT2D eigenvalue weighted by atomic mass is 32.1. The van der Waals surface area contributed by atoms with E-state index in [1.54, 1.807) is 22.7 Å². The topological polar surface area (TPSA) is 46.3 Å². The molecule has 0 saturated carbocycles. The van der Waals surface area contributed by atoms with Crippen LogP contribution in [0.15, 0.2) is 35.0 Å². The minimum Gasteiger partial charge on any atom is -0.330 e. The Morgan fingerprint density at radius 3 is 2.14 bits per heavy atom. The summed E-state index contributed by atoms with van der Waals surface area (Å²) >= 11 is 3.49. The van der Waals surface area contributed by atoms with Crippen LogP contribution < -0.4 is 5.73 Å². The Kier molecular flexibility index (Phi) is 7.09. The molecule has 0 radical (unpaired) electrons. The number of hydrogen-bond acceptors (Lipinski definition) is 5. The van der Waals surface area contributed by atoms with Crippen molar-refractivity contribution in [3.63, 3.8) is 0 Å². The van der Waals surface area contributed by atoms with E-state index in [-0.39, 0.29) is 6.04 Å². The first-order valence-corrected chi connectivity index (χ1v) is 9.03. The van der Waals surface area contributed by atoms with Crippen molar-refractivity contribution in [3.05, 3.63) is 44.8 Å². The maximum Gasteiger partial charge on any atom is 0.137 e. The Bertz CT molecular complexity index is 460. The van der Waals surface area contributed by atoms with Crippen LogP contribution in [0.2, 0.25) is 0 Å². The molecule has 114 valence electrons. The third kappa shape index (κ3) is 5.36. The van der Waals surface area contributed by atoms with Crippen molar-refractivity contribution in [2.75, 3.05) is 6.54 Å². The van der Waals surface area contributed by atoms with Gasteiger partial charge in [-0.3, -0.25) is 4.90 Å². The fraction of sp³-hybridized carbons (Fsp3) is 0.438. The first-order chi connectivity index (χ1) is 10.3. The molecule has 0 amide bonds. The summed E-state index contributed by atoms with van der Waals surface area (Å²) < 4.78 is 0. The Morgan fingerprint density at radius 2 is 1.71 bits per heavy atom. The van der Waals surface area contributed by atoms with Gasteiger partial charge < -0.3 is 10.5 Å². The summed E-state index contributed by atoms with van der Waals surface area (Å²) in [6.45, 7) is 2.37. The lowest BCUT2D eigenvalue weighted by Gasteiger charge is -2.27. The lowest BCUT2D eigenvalue weighted by atomic mass is 10.1. The average Bonchev–Trinajstić information content (AvgIpc) is 3.17. The van der Waals surface area contributed by atoms with Crippen LogP contribution in [-0.4, -0.2) is 23.8 Å². The van der Waals surface area contributed by atoms with Gasteiger partial charge in [-0.15, -0.1) is 22.7 Å². The minimum atomic E-state index is -0.0271. The lowest BCUT2D eigenvalue weighted by Crippen LogP contribution is -2.35. The smallest absolute Gasteiger partial charge is 0.137 e. The summed E-state index contributed by atoms with van der Waals surface area (Å²) in [7, 11) is 0. The third-order valence-corrected chi connectivity index (χ3v) is 5.18. The molecule has 1 unspecified atom stereocenters. The van der Waals surface area contributed by atoms with Gasteiger partial charge in [-0.2, -0.15) is 0 Å². The predicted molar refractivity (Wildman–Crippen MR) is 90.6 cm³/mol. The molecular weight excluding hydrogens is 300 g/mol. The molecule has 0 fully saturated rings. The van der Waals surface area contributed by atoms with Crippen molar-refractivity contribution in [3.8, 4) is 0 Å². The van der Waals surface area contributed by atoms with Gasteiger partial charge >= 0.3 is 0 Å². The van der Waals surface area contributed by atoms with Crippen LogP contribution in [0, 0.1) is 0 Å². The van der Waals surface area contributed by atoms with E-state index in [4.69, 9.17) is 5.73 Å². The number of nitrogens with two attached hydrogens (primary N) is 1. The molecule has 0 aromatic carbocycles. The number of carbonyl (C=O) groups is 1. The quantitative estimate of drug-likeness (QED) is 0.538. The molecule has 5 heteroatoms. The van der Waals surface area contributed by atoms with E-state index in [1.165, 1.54) is 9.75 Å². The zero-order valence-electron chi connectivity index (χ0n) is 12.1. The van der Waals surface area contributed by atoms with Gasteiger partial charge in [0.25, 0.3) is 0 Å². The number of aldehydes is 1. The number of carbonyl (C=O) groups excluding carboxylic acids is 1. The van der Waals surface area contributed by atoms with Gasteiger partial charge in [-0.05, 0) is 42.3 Å². The van der Waals surface area contributed by atoms with Crippen molar-refractivity contribution in [1.82, 2.24) is 4.90 Å². The summed E-state index contributed by atoms with van der Waals surface area (Å²) in [6.07, 6.45) is 3.97. The molecule has 2 N–H and O–H groups in total. The molecule has 2 rings (SSSR count). The van der Waals surface area contributed by atoms with E-state index in [9.17, 15) is 4.79 Å².